The van der Waals surface area contributed by atoms with Crippen molar-refractivity contribution in [3.8, 4) is 17.0 Å². The molecule has 0 bridgehead atoms. The maximum Gasteiger partial charge on any atom is 0.291 e. The molecule has 3 heterocycles. The molecule has 0 fully saturated rings. The number of carbonyl (C=O) groups is 1. The van der Waals surface area contributed by atoms with Crippen LogP contribution in [0.3, 0.4) is 0 Å². The lowest BCUT2D eigenvalue weighted by atomic mass is 10.1. The molecule has 0 saturated heterocycles. The smallest absolute Gasteiger partial charge is 0.291 e. The Hall–Kier alpha value is -4.90. The standard InChI is InChI=1S/C30H35N9O2/c1-36(2)15-16-37(3)26-18-27(41-6)24(17-23(26)33-29(40)28-31-13-14-38(28)4)35-30-32-12-11-22(34-30)21-19-39(5)25-10-8-7-9-20(21)25/h7-14,17-19H,15-16H2,1-6H3,(H,33,40)(H,32,34,35). The average Bonchev–Trinajstić information content (AvgIpc) is 3.55. The van der Waals surface area contributed by atoms with Crippen LogP contribution in [0.25, 0.3) is 22.2 Å². The molecule has 11 heteroatoms. The SMILES string of the molecule is COc1cc(N(C)CCN(C)C)c(NC(=O)c2nccn2C)cc1Nc1nccc(-c2cn(C)c3ccccc23)n1. The predicted octanol–water partition coefficient (Wildman–Crippen LogP) is 4.37. The molecule has 0 radical (unpaired) electrons. The molecule has 0 aliphatic heterocycles. The Balaban J connectivity index is 1.51. The van der Waals surface area contributed by atoms with Crippen molar-refractivity contribution in [3.63, 3.8) is 0 Å². The number of imidazole rings is 1. The van der Waals surface area contributed by atoms with Gasteiger partial charge in [-0.1, -0.05) is 18.2 Å². The molecule has 2 N–H and O–H groups in total. The van der Waals surface area contributed by atoms with E-state index in [9.17, 15) is 4.79 Å². The van der Waals surface area contributed by atoms with Crippen molar-refractivity contribution in [1.82, 2.24) is 29.0 Å². The van der Waals surface area contributed by atoms with Crippen molar-refractivity contribution in [2.24, 2.45) is 14.1 Å². The number of rotatable bonds is 10. The van der Waals surface area contributed by atoms with E-state index < -0.39 is 0 Å². The van der Waals surface area contributed by atoms with Gasteiger partial charge in [0.25, 0.3) is 5.91 Å². The van der Waals surface area contributed by atoms with Crippen LogP contribution in [0.4, 0.5) is 23.0 Å². The molecule has 0 aliphatic rings. The second-order valence-corrected chi connectivity index (χ2v) is 10.2. The van der Waals surface area contributed by atoms with Crippen LogP contribution < -0.4 is 20.3 Å². The second-order valence-electron chi connectivity index (χ2n) is 10.2. The highest BCUT2D eigenvalue weighted by Gasteiger charge is 2.19. The third-order valence-corrected chi connectivity index (χ3v) is 6.96. The number of hydrogen-bond acceptors (Lipinski definition) is 8. The van der Waals surface area contributed by atoms with E-state index in [-0.39, 0.29) is 5.91 Å². The van der Waals surface area contributed by atoms with Crippen LogP contribution in [0.1, 0.15) is 10.6 Å². The number of carbonyl (C=O) groups excluding carboxylic acids is 1. The molecule has 2 aromatic carbocycles. The zero-order valence-electron chi connectivity index (χ0n) is 24.2. The average molecular weight is 554 g/mol. The first-order chi connectivity index (χ1) is 19.7. The zero-order valence-corrected chi connectivity index (χ0v) is 24.2. The van der Waals surface area contributed by atoms with Crippen LogP contribution in [-0.2, 0) is 14.1 Å². The van der Waals surface area contributed by atoms with Gasteiger partial charge >= 0.3 is 0 Å². The van der Waals surface area contributed by atoms with Gasteiger partial charge in [-0.2, -0.15) is 0 Å². The quantitative estimate of drug-likeness (QED) is 0.263. The van der Waals surface area contributed by atoms with Gasteiger partial charge in [0.1, 0.15) is 5.75 Å². The lowest BCUT2D eigenvalue weighted by Gasteiger charge is -2.26. The topological polar surface area (TPSA) is 105 Å². The summed E-state index contributed by atoms with van der Waals surface area (Å²) in [4.78, 5) is 30.9. The lowest BCUT2D eigenvalue weighted by molar-refractivity contribution is 0.101. The van der Waals surface area contributed by atoms with Crippen molar-refractivity contribution in [2.75, 3.05) is 56.9 Å². The molecule has 0 saturated carbocycles. The number of nitrogens with one attached hydrogen (secondary N) is 2. The van der Waals surface area contributed by atoms with Crippen LogP contribution in [0.15, 0.2) is 67.3 Å². The molecular weight excluding hydrogens is 518 g/mol. The predicted molar refractivity (Wildman–Crippen MR) is 163 cm³/mol. The Kier molecular flexibility index (Phi) is 7.88. The first-order valence-corrected chi connectivity index (χ1v) is 13.3. The van der Waals surface area contributed by atoms with Crippen molar-refractivity contribution in [3.05, 3.63) is 73.1 Å². The van der Waals surface area contributed by atoms with Crippen LogP contribution >= 0.6 is 0 Å². The Morgan fingerprint density at radius 1 is 0.976 bits per heavy atom. The fourth-order valence-corrected chi connectivity index (χ4v) is 4.72. The molecule has 5 aromatic rings. The summed E-state index contributed by atoms with van der Waals surface area (Å²) in [5.74, 6) is 0.989. The van der Waals surface area contributed by atoms with E-state index in [1.807, 2.05) is 58.5 Å². The van der Waals surface area contributed by atoms with Gasteiger partial charge in [-0.15, -0.1) is 0 Å². The number of para-hydroxylation sites is 1. The van der Waals surface area contributed by atoms with Crippen LogP contribution in [-0.4, -0.2) is 76.2 Å². The second kappa shape index (κ2) is 11.7. The largest absolute Gasteiger partial charge is 0.494 e. The molecule has 3 aromatic heterocycles. The third-order valence-electron chi connectivity index (χ3n) is 6.96. The third kappa shape index (κ3) is 5.85. The van der Waals surface area contributed by atoms with E-state index in [4.69, 9.17) is 9.72 Å². The number of methoxy groups -OCH3 is 1. The molecule has 0 atom stereocenters. The minimum Gasteiger partial charge on any atom is -0.494 e. The fraction of sp³-hybridized carbons (Fsp3) is 0.267. The van der Waals surface area contributed by atoms with Gasteiger partial charge in [-0.25, -0.2) is 15.0 Å². The minimum absolute atomic E-state index is 0.309. The van der Waals surface area contributed by atoms with Crippen molar-refractivity contribution in [2.45, 2.75) is 0 Å². The minimum atomic E-state index is -0.315. The molecule has 41 heavy (non-hydrogen) atoms. The molecule has 1 amide bonds. The monoisotopic (exact) mass is 553 g/mol. The molecule has 5 rings (SSSR count). The van der Waals surface area contributed by atoms with Gasteiger partial charge in [-0.3, -0.25) is 4.79 Å². The maximum absolute atomic E-state index is 13.2. The van der Waals surface area contributed by atoms with E-state index >= 15 is 0 Å². The summed E-state index contributed by atoms with van der Waals surface area (Å²) in [6.45, 7) is 1.57. The Labute approximate surface area is 239 Å². The highest BCUT2D eigenvalue weighted by molar-refractivity contribution is 6.04. The number of likely N-dealkylation sites (N-methyl/N-ethyl adjacent to an activating group) is 2. The van der Waals surface area contributed by atoms with Crippen LogP contribution in [0.5, 0.6) is 5.75 Å². The van der Waals surface area contributed by atoms with Gasteiger partial charge in [0.05, 0.1) is 29.9 Å². The van der Waals surface area contributed by atoms with Gasteiger partial charge < -0.3 is 34.3 Å². The van der Waals surface area contributed by atoms with Gasteiger partial charge in [0, 0.05) is 81.6 Å². The van der Waals surface area contributed by atoms with E-state index in [2.05, 4.69) is 53.3 Å². The Morgan fingerprint density at radius 2 is 1.78 bits per heavy atom. The summed E-state index contributed by atoms with van der Waals surface area (Å²) in [7, 11) is 11.5. The van der Waals surface area contributed by atoms with Crippen molar-refractivity contribution < 1.29 is 9.53 Å². The highest BCUT2D eigenvalue weighted by Crippen LogP contribution is 2.38. The van der Waals surface area contributed by atoms with E-state index in [0.717, 1.165) is 40.9 Å². The molecule has 11 nitrogen and oxygen atoms in total. The van der Waals surface area contributed by atoms with E-state index in [1.165, 1.54) is 0 Å². The Bertz CT molecular complexity index is 1690. The number of nitrogens with zero attached hydrogens (tertiary/aromatic N) is 7. The lowest BCUT2D eigenvalue weighted by Crippen LogP contribution is -2.29. The molecule has 212 valence electrons. The number of anilines is 4. The number of fused-ring (bicyclic) bond motifs is 1. The summed E-state index contributed by atoms with van der Waals surface area (Å²) in [6.07, 6.45) is 7.13. The van der Waals surface area contributed by atoms with Gasteiger partial charge in [0.15, 0.2) is 5.82 Å². The van der Waals surface area contributed by atoms with E-state index in [0.29, 0.717) is 28.9 Å². The van der Waals surface area contributed by atoms with Gasteiger partial charge in [-0.05, 0) is 32.3 Å². The van der Waals surface area contributed by atoms with Crippen LogP contribution in [0, 0.1) is 0 Å². The van der Waals surface area contributed by atoms with Gasteiger partial charge in [0.2, 0.25) is 5.95 Å². The zero-order chi connectivity index (χ0) is 29.1. The van der Waals surface area contributed by atoms with Crippen molar-refractivity contribution >= 4 is 39.8 Å². The number of amides is 1. The molecule has 0 unspecified atom stereocenters. The fourth-order valence-electron chi connectivity index (χ4n) is 4.72. The summed E-state index contributed by atoms with van der Waals surface area (Å²) in [5.41, 5.74) is 4.96. The molecular formula is C30H35N9O2. The molecule has 0 aliphatic carbocycles. The first-order valence-electron chi connectivity index (χ1n) is 13.3. The summed E-state index contributed by atoms with van der Waals surface area (Å²) in [6, 6.07) is 13.9. The summed E-state index contributed by atoms with van der Waals surface area (Å²) < 4.78 is 9.54. The van der Waals surface area contributed by atoms with Crippen molar-refractivity contribution in [1.29, 1.82) is 0 Å². The number of aryl methyl sites for hydroxylation is 2. The number of hydrogen-bond donors (Lipinski definition) is 2. The van der Waals surface area contributed by atoms with Crippen LogP contribution in [0.2, 0.25) is 0 Å². The maximum atomic E-state index is 13.2. The summed E-state index contributed by atoms with van der Waals surface area (Å²) >= 11 is 0. The molecule has 0 spiro atoms. The normalized spacial score (nSPS) is 11.2. The number of ether oxygens (including phenoxy) is 1. The Morgan fingerprint density at radius 3 is 2.51 bits per heavy atom. The highest BCUT2D eigenvalue weighted by atomic mass is 16.5. The van der Waals surface area contributed by atoms with E-state index in [1.54, 1.807) is 37.3 Å². The number of benzene rings is 2. The first kappa shape index (κ1) is 27.7. The number of aromatic nitrogens is 5. The summed E-state index contributed by atoms with van der Waals surface area (Å²) in [5, 5.41) is 7.47.